The van der Waals surface area contributed by atoms with Crippen LogP contribution in [0, 0.1) is 18.3 Å². The molecule has 0 atom stereocenters. The second-order valence-corrected chi connectivity index (χ2v) is 3.85. The van der Waals surface area contributed by atoms with Gasteiger partial charge in [-0.15, -0.1) is 0 Å². The zero-order valence-electron chi connectivity index (χ0n) is 8.24. The van der Waals surface area contributed by atoms with Crippen LogP contribution >= 0.6 is 0 Å². The predicted octanol–water partition coefficient (Wildman–Crippen LogP) is 0.853. The molecule has 72 valence electrons. The molecule has 0 aromatic carbocycles. The van der Waals surface area contributed by atoms with Gasteiger partial charge in [-0.3, -0.25) is 9.48 Å². The standard InChI is InChI=1S/C10H11N3O/c1-7-9(5-12-13(7)2)10(6-11)3-8(14)4-10/h5H,3-4H2,1-2H3. The summed E-state index contributed by atoms with van der Waals surface area (Å²) < 4.78 is 1.73. The number of hydrogen-bond acceptors (Lipinski definition) is 3. The third kappa shape index (κ3) is 0.987. The zero-order valence-corrected chi connectivity index (χ0v) is 8.24. The highest BCUT2D eigenvalue weighted by Gasteiger charge is 2.47. The van der Waals surface area contributed by atoms with Crippen molar-refractivity contribution >= 4 is 5.78 Å². The van der Waals surface area contributed by atoms with Crippen molar-refractivity contribution in [2.75, 3.05) is 0 Å². The van der Waals surface area contributed by atoms with Gasteiger partial charge < -0.3 is 0 Å². The molecule has 0 bridgehead atoms. The van der Waals surface area contributed by atoms with Gasteiger partial charge in [0, 0.05) is 31.1 Å². The Kier molecular flexibility index (Phi) is 1.71. The number of aryl methyl sites for hydroxylation is 1. The summed E-state index contributed by atoms with van der Waals surface area (Å²) in [6, 6.07) is 2.24. The average Bonchev–Trinajstić information content (AvgIpc) is 2.43. The minimum atomic E-state index is -0.588. The first-order valence-corrected chi connectivity index (χ1v) is 4.51. The summed E-state index contributed by atoms with van der Waals surface area (Å²) in [6.45, 7) is 1.92. The highest BCUT2D eigenvalue weighted by atomic mass is 16.1. The van der Waals surface area contributed by atoms with E-state index in [1.807, 2.05) is 14.0 Å². The molecule has 1 heterocycles. The third-order valence-corrected chi connectivity index (χ3v) is 2.96. The molecule has 0 aliphatic heterocycles. The number of aromatic nitrogens is 2. The molecule has 0 amide bonds. The molecule has 1 saturated carbocycles. The van der Waals surface area contributed by atoms with Crippen molar-refractivity contribution < 1.29 is 4.79 Å². The Labute approximate surface area is 82.1 Å². The van der Waals surface area contributed by atoms with E-state index in [1.54, 1.807) is 10.9 Å². The molecular weight excluding hydrogens is 178 g/mol. The number of ketones is 1. The normalized spacial score (nSPS) is 18.8. The highest BCUT2D eigenvalue weighted by Crippen LogP contribution is 2.41. The predicted molar refractivity (Wildman–Crippen MR) is 49.5 cm³/mol. The van der Waals surface area contributed by atoms with E-state index < -0.39 is 5.41 Å². The number of nitrogens with zero attached hydrogens (tertiary/aromatic N) is 3. The lowest BCUT2D eigenvalue weighted by molar-refractivity contribution is -0.126. The summed E-state index contributed by atoms with van der Waals surface area (Å²) in [7, 11) is 1.84. The Morgan fingerprint density at radius 2 is 2.29 bits per heavy atom. The molecule has 1 fully saturated rings. The van der Waals surface area contributed by atoms with Crippen molar-refractivity contribution in [3.05, 3.63) is 17.5 Å². The molecule has 14 heavy (non-hydrogen) atoms. The largest absolute Gasteiger partial charge is 0.300 e. The first-order chi connectivity index (χ1) is 6.59. The Balaban J connectivity index is 2.44. The van der Waals surface area contributed by atoms with Crippen LogP contribution in [-0.2, 0) is 17.3 Å². The lowest BCUT2D eigenvalue weighted by atomic mass is 9.65. The Bertz CT molecular complexity index is 431. The van der Waals surface area contributed by atoms with Crippen molar-refractivity contribution in [2.45, 2.75) is 25.2 Å². The molecule has 0 radical (unpaired) electrons. The van der Waals surface area contributed by atoms with Crippen molar-refractivity contribution in [2.24, 2.45) is 7.05 Å². The van der Waals surface area contributed by atoms with Gasteiger partial charge in [0.05, 0.1) is 17.7 Å². The van der Waals surface area contributed by atoms with E-state index >= 15 is 0 Å². The summed E-state index contributed by atoms with van der Waals surface area (Å²) in [5, 5.41) is 13.2. The Morgan fingerprint density at radius 3 is 2.64 bits per heavy atom. The van der Waals surface area contributed by atoms with Gasteiger partial charge in [-0.2, -0.15) is 10.4 Å². The minimum Gasteiger partial charge on any atom is -0.300 e. The lowest BCUT2D eigenvalue weighted by Gasteiger charge is -2.33. The SMILES string of the molecule is Cc1c(C2(C#N)CC(=O)C2)cnn1C. The van der Waals surface area contributed by atoms with Crippen LogP contribution in [0.5, 0.6) is 0 Å². The lowest BCUT2D eigenvalue weighted by Crippen LogP contribution is -2.40. The van der Waals surface area contributed by atoms with Crippen LogP contribution in [0.4, 0.5) is 0 Å². The molecule has 0 unspecified atom stereocenters. The quantitative estimate of drug-likeness (QED) is 0.658. The molecule has 0 N–H and O–H groups in total. The number of carbonyl (C=O) groups excluding carboxylic acids is 1. The number of Topliss-reactive ketones (excluding diaryl/α,β-unsaturated/α-hetero) is 1. The molecule has 0 saturated heterocycles. The number of hydrogen-bond donors (Lipinski definition) is 0. The fourth-order valence-electron chi connectivity index (χ4n) is 1.92. The van der Waals surface area contributed by atoms with Gasteiger partial charge in [-0.1, -0.05) is 0 Å². The van der Waals surface area contributed by atoms with E-state index in [0.717, 1.165) is 11.3 Å². The van der Waals surface area contributed by atoms with Crippen molar-refractivity contribution in [1.82, 2.24) is 9.78 Å². The highest BCUT2D eigenvalue weighted by molar-refractivity contribution is 5.90. The maximum absolute atomic E-state index is 11.0. The Morgan fingerprint density at radius 1 is 1.64 bits per heavy atom. The van der Waals surface area contributed by atoms with Crippen LogP contribution in [0.1, 0.15) is 24.1 Å². The van der Waals surface area contributed by atoms with Crippen molar-refractivity contribution in [1.29, 1.82) is 5.26 Å². The van der Waals surface area contributed by atoms with Crippen molar-refractivity contribution in [3.8, 4) is 6.07 Å². The maximum atomic E-state index is 11.0. The number of rotatable bonds is 1. The summed E-state index contributed by atoms with van der Waals surface area (Å²) in [5.74, 6) is 0.162. The zero-order chi connectivity index (χ0) is 10.3. The third-order valence-electron chi connectivity index (χ3n) is 2.96. The topological polar surface area (TPSA) is 58.7 Å². The summed E-state index contributed by atoms with van der Waals surface area (Å²) in [5.41, 5.74) is 1.29. The van der Waals surface area contributed by atoms with Crippen LogP contribution < -0.4 is 0 Å². The van der Waals surface area contributed by atoms with E-state index in [1.165, 1.54) is 0 Å². The second kappa shape index (κ2) is 2.68. The van der Waals surface area contributed by atoms with Crippen LogP contribution in [0.15, 0.2) is 6.20 Å². The Hall–Kier alpha value is -1.63. The molecule has 1 aliphatic rings. The van der Waals surface area contributed by atoms with Gasteiger partial charge in [0.25, 0.3) is 0 Å². The monoisotopic (exact) mass is 189 g/mol. The smallest absolute Gasteiger partial charge is 0.136 e. The second-order valence-electron chi connectivity index (χ2n) is 3.85. The van der Waals surface area contributed by atoms with E-state index in [4.69, 9.17) is 5.26 Å². The molecular formula is C10H11N3O. The summed E-state index contributed by atoms with van der Waals surface area (Å²) in [6.07, 6.45) is 2.39. The molecule has 1 aromatic heterocycles. The molecule has 1 aromatic rings. The van der Waals surface area contributed by atoms with Gasteiger partial charge in [-0.05, 0) is 6.92 Å². The van der Waals surface area contributed by atoms with Gasteiger partial charge in [-0.25, -0.2) is 0 Å². The van der Waals surface area contributed by atoms with Crippen molar-refractivity contribution in [3.63, 3.8) is 0 Å². The fraction of sp³-hybridized carbons (Fsp3) is 0.500. The van der Waals surface area contributed by atoms with Crippen LogP contribution in [0.25, 0.3) is 0 Å². The van der Waals surface area contributed by atoms with Gasteiger partial charge in [0.1, 0.15) is 5.78 Å². The molecule has 0 spiro atoms. The van der Waals surface area contributed by atoms with Gasteiger partial charge in [0.2, 0.25) is 0 Å². The molecule has 4 heteroatoms. The molecule has 2 rings (SSSR count). The molecule has 1 aliphatic carbocycles. The van der Waals surface area contributed by atoms with E-state index in [-0.39, 0.29) is 5.78 Å². The average molecular weight is 189 g/mol. The first kappa shape index (κ1) is 8.95. The van der Waals surface area contributed by atoms with E-state index in [2.05, 4.69) is 11.2 Å². The van der Waals surface area contributed by atoms with Crippen LogP contribution in [0.3, 0.4) is 0 Å². The van der Waals surface area contributed by atoms with Crippen LogP contribution in [0.2, 0.25) is 0 Å². The maximum Gasteiger partial charge on any atom is 0.136 e. The van der Waals surface area contributed by atoms with Gasteiger partial charge in [0.15, 0.2) is 0 Å². The number of nitriles is 1. The first-order valence-electron chi connectivity index (χ1n) is 4.51. The minimum absolute atomic E-state index is 0.162. The van der Waals surface area contributed by atoms with E-state index in [9.17, 15) is 4.79 Å². The molecule has 4 nitrogen and oxygen atoms in total. The van der Waals surface area contributed by atoms with Crippen LogP contribution in [-0.4, -0.2) is 15.6 Å². The summed E-state index contributed by atoms with van der Waals surface area (Å²) >= 11 is 0. The van der Waals surface area contributed by atoms with E-state index in [0.29, 0.717) is 12.8 Å². The number of carbonyl (C=O) groups is 1. The summed E-state index contributed by atoms with van der Waals surface area (Å²) in [4.78, 5) is 11.0. The van der Waals surface area contributed by atoms with Gasteiger partial charge >= 0.3 is 0 Å². The fourth-order valence-corrected chi connectivity index (χ4v) is 1.92.